The molecule has 116 valence electrons. The first kappa shape index (κ1) is 16.0. The highest BCUT2D eigenvalue weighted by Gasteiger charge is 2.13. The fourth-order valence-corrected chi connectivity index (χ4v) is 1.95. The van der Waals surface area contributed by atoms with Crippen LogP contribution in [-0.4, -0.2) is 17.6 Å². The molecule has 0 aliphatic heterocycles. The Balaban J connectivity index is 1.92. The summed E-state index contributed by atoms with van der Waals surface area (Å²) >= 11 is 5.11. The molecule has 2 N–H and O–H groups in total. The second-order valence-electron chi connectivity index (χ2n) is 4.56. The van der Waals surface area contributed by atoms with Crippen LogP contribution in [0.2, 0.25) is 0 Å². The summed E-state index contributed by atoms with van der Waals surface area (Å²) in [6.45, 7) is 2.99. The number of carbonyl (C=O) groups excluding carboxylic acids is 1. The molecule has 5 nitrogen and oxygen atoms in total. The molecule has 0 radical (unpaired) electrons. The minimum atomic E-state index is -0.302. The Morgan fingerprint density at radius 3 is 2.82 bits per heavy atom. The van der Waals surface area contributed by atoms with E-state index in [1.807, 2.05) is 19.1 Å². The average Bonchev–Trinajstić information content (AvgIpc) is 3.04. The van der Waals surface area contributed by atoms with Crippen molar-refractivity contribution in [2.75, 3.05) is 6.61 Å². The van der Waals surface area contributed by atoms with E-state index in [-0.39, 0.29) is 11.0 Å². The molecule has 0 spiro atoms. The van der Waals surface area contributed by atoms with Gasteiger partial charge in [0.25, 0.3) is 5.91 Å². The number of thiocarbonyl (C=S) groups is 1. The molecular formula is C16H18N2O3S. The lowest BCUT2D eigenvalue weighted by Gasteiger charge is -2.12. The zero-order chi connectivity index (χ0) is 15.8. The Morgan fingerprint density at radius 1 is 1.27 bits per heavy atom. The Bertz CT molecular complexity index is 626. The van der Waals surface area contributed by atoms with Crippen LogP contribution in [0.3, 0.4) is 0 Å². The number of carbonyl (C=O) groups is 1. The van der Waals surface area contributed by atoms with Crippen LogP contribution >= 0.6 is 12.2 Å². The second-order valence-corrected chi connectivity index (χ2v) is 4.97. The molecule has 0 saturated carbocycles. The van der Waals surface area contributed by atoms with Crippen LogP contribution in [0.4, 0.5) is 0 Å². The van der Waals surface area contributed by atoms with Crippen LogP contribution in [0.1, 0.15) is 29.5 Å². The van der Waals surface area contributed by atoms with E-state index < -0.39 is 0 Å². The fourth-order valence-electron chi connectivity index (χ4n) is 1.79. The van der Waals surface area contributed by atoms with Crippen molar-refractivity contribution < 1.29 is 13.9 Å². The maximum atomic E-state index is 12.3. The van der Waals surface area contributed by atoms with E-state index in [4.69, 9.17) is 21.4 Å². The third-order valence-corrected chi connectivity index (χ3v) is 3.07. The first-order valence-corrected chi connectivity index (χ1v) is 7.45. The van der Waals surface area contributed by atoms with Gasteiger partial charge in [0.2, 0.25) is 0 Å². The molecule has 0 unspecified atom stereocenters. The maximum Gasteiger partial charge on any atom is 0.261 e. The van der Waals surface area contributed by atoms with Crippen molar-refractivity contribution >= 4 is 23.2 Å². The van der Waals surface area contributed by atoms with Gasteiger partial charge in [-0.1, -0.05) is 19.1 Å². The van der Waals surface area contributed by atoms with Gasteiger partial charge in [0.15, 0.2) is 5.11 Å². The van der Waals surface area contributed by atoms with Gasteiger partial charge in [0.05, 0.1) is 25.0 Å². The van der Waals surface area contributed by atoms with E-state index >= 15 is 0 Å². The topological polar surface area (TPSA) is 63.5 Å². The molecule has 1 aromatic heterocycles. The SMILES string of the molecule is CCCOc1ccccc1C(=O)NC(=S)NCc1ccco1. The Kier molecular flexibility index (Phi) is 5.97. The number of para-hydroxylation sites is 1. The molecule has 6 heteroatoms. The maximum absolute atomic E-state index is 12.3. The van der Waals surface area contributed by atoms with E-state index in [0.717, 1.165) is 12.2 Å². The largest absolute Gasteiger partial charge is 0.493 e. The number of rotatable bonds is 6. The monoisotopic (exact) mass is 318 g/mol. The minimum absolute atomic E-state index is 0.242. The molecule has 2 rings (SSSR count). The lowest BCUT2D eigenvalue weighted by atomic mass is 10.2. The number of benzene rings is 1. The predicted molar refractivity (Wildman–Crippen MR) is 87.8 cm³/mol. The lowest BCUT2D eigenvalue weighted by Crippen LogP contribution is -2.38. The summed E-state index contributed by atoms with van der Waals surface area (Å²) in [6, 6.07) is 10.7. The quantitative estimate of drug-likeness (QED) is 0.802. The van der Waals surface area contributed by atoms with Crippen molar-refractivity contribution in [1.82, 2.24) is 10.6 Å². The number of amides is 1. The van der Waals surface area contributed by atoms with Gasteiger partial charge >= 0.3 is 0 Å². The highest BCUT2D eigenvalue weighted by molar-refractivity contribution is 7.80. The summed E-state index contributed by atoms with van der Waals surface area (Å²) in [5.41, 5.74) is 0.457. The molecule has 0 aliphatic carbocycles. The van der Waals surface area contributed by atoms with Gasteiger partial charge in [-0.05, 0) is 42.9 Å². The van der Waals surface area contributed by atoms with Gasteiger partial charge < -0.3 is 14.5 Å². The molecule has 0 bridgehead atoms. The molecule has 1 aromatic carbocycles. The summed E-state index contributed by atoms with van der Waals surface area (Å²) in [5.74, 6) is 0.989. The van der Waals surface area contributed by atoms with Crippen molar-refractivity contribution in [2.24, 2.45) is 0 Å². The van der Waals surface area contributed by atoms with Gasteiger partial charge in [0, 0.05) is 0 Å². The molecule has 0 fully saturated rings. The van der Waals surface area contributed by atoms with Crippen LogP contribution < -0.4 is 15.4 Å². The Hall–Kier alpha value is -2.34. The molecule has 0 atom stereocenters. The Labute approximate surface area is 134 Å². The van der Waals surface area contributed by atoms with Gasteiger partial charge in [0.1, 0.15) is 11.5 Å². The fraction of sp³-hybridized carbons (Fsp3) is 0.250. The van der Waals surface area contributed by atoms with Crippen molar-refractivity contribution in [3.8, 4) is 5.75 Å². The van der Waals surface area contributed by atoms with Gasteiger partial charge in [-0.3, -0.25) is 10.1 Å². The van der Waals surface area contributed by atoms with Crippen LogP contribution in [0.5, 0.6) is 5.75 Å². The van der Waals surface area contributed by atoms with Crippen molar-refractivity contribution in [2.45, 2.75) is 19.9 Å². The van der Waals surface area contributed by atoms with Crippen LogP contribution in [0.25, 0.3) is 0 Å². The number of hydrogen-bond donors (Lipinski definition) is 2. The van der Waals surface area contributed by atoms with E-state index in [1.54, 1.807) is 30.5 Å². The molecule has 2 aromatic rings. The van der Waals surface area contributed by atoms with Crippen LogP contribution in [-0.2, 0) is 6.54 Å². The number of furan rings is 1. The number of hydrogen-bond acceptors (Lipinski definition) is 4. The summed E-state index contributed by atoms with van der Waals surface area (Å²) in [5, 5.41) is 5.79. The van der Waals surface area contributed by atoms with Gasteiger partial charge in [-0.25, -0.2) is 0 Å². The van der Waals surface area contributed by atoms with E-state index in [9.17, 15) is 4.79 Å². The summed E-state index contributed by atoms with van der Waals surface area (Å²) in [6.07, 6.45) is 2.46. The first-order valence-electron chi connectivity index (χ1n) is 7.04. The van der Waals surface area contributed by atoms with Crippen molar-refractivity contribution in [3.63, 3.8) is 0 Å². The summed E-state index contributed by atoms with van der Waals surface area (Å²) in [7, 11) is 0. The molecule has 0 aliphatic rings. The molecule has 0 saturated heterocycles. The van der Waals surface area contributed by atoms with E-state index in [1.165, 1.54) is 0 Å². The second kappa shape index (κ2) is 8.19. The third kappa shape index (κ3) is 4.60. The van der Waals surface area contributed by atoms with Crippen molar-refractivity contribution in [3.05, 3.63) is 54.0 Å². The smallest absolute Gasteiger partial charge is 0.261 e. The Morgan fingerprint density at radius 2 is 2.09 bits per heavy atom. The first-order chi connectivity index (χ1) is 10.7. The standard InChI is InChI=1S/C16H18N2O3S/c1-2-9-21-14-8-4-3-7-13(14)15(19)18-16(22)17-11-12-6-5-10-20-12/h3-8,10H,2,9,11H2,1H3,(H2,17,18,19,22). The summed E-state index contributed by atoms with van der Waals surface area (Å²) < 4.78 is 10.8. The molecule has 1 amide bonds. The predicted octanol–water partition coefficient (Wildman–Crippen LogP) is 2.87. The van der Waals surface area contributed by atoms with Crippen LogP contribution in [0.15, 0.2) is 47.1 Å². The van der Waals surface area contributed by atoms with Crippen molar-refractivity contribution in [1.29, 1.82) is 0 Å². The number of nitrogens with one attached hydrogen (secondary N) is 2. The molecular weight excluding hydrogens is 300 g/mol. The highest BCUT2D eigenvalue weighted by atomic mass is 32.1. The van der Waals surface area contributed by atoms with Gasteiger partial charge in [-0.2, -0.15) is 0 Å². The van der Waals surface area contributed by atoms with E-state index in [2.05, 4.69) is 10.6 Å². The highest BCUT2D eigenvalue weighted by Crippen LogP contribution is 2.17. The van der Waals surface area contributed by atoms with E-state index in [0.29, 0.717) is 24.5 Å². The normalized spacial score (nSPS) is 10.0. The number of ether oxygens (including phenoxy) is 1. The van der Waals surface area contributed by atoms with Crippen LogP contribution in [0, 0.1) is 0 Å². The summed E-state index contributed by atoms with van der Waals surface area (Å²) in [4.78, 5) is 12.3. The zero-order valence-corrected chi connectivity index (χ0v) is 13.1. The average molecular weight is 318 g/mol. The minimum Gasteiger partial charge on any atom is -0.493 e. The zero-order valence-electron chi connectivity index (χ0n) is 12.3. The third-order valence-electron chi connectivity index (χ3n) is 2.82. The molecule has 22 heavy (non-hydrogen) atoms. The lowest BCUT2D eigenvalue weighted by molar-refractivity contribution is 0.0972. The molecule has 1 heterocycles. The van der Waals surface area contributed by atoms with Gasteiger partial charge in [-0.15, -0.1) is 0 Å².